The highest BCUT2D eigenvalue weighted by Gasteiger charge is 2.14. The second kappa shape index (κ2) is 6.95. The second-order valence-electron chi connectivity index (χ2n) is 4.73. The highest BCUT2D eigenvalue weighted by atomic mass is 32.1. The van der Waals surface area contributed by atoms with Gasteiger partial charge in [0.2, 0.25) is 0 Å². The lowest BCUT2D eigenvalue weighted by Crippen LogP contribution is -2.19. The molecule has 0 saturated carbocycles. The number of rotatable bonds is 6. The molecule has 1 nitrogen and oxygen atoms in total. The second-order valence-corrected chi connectivity index (χ2v) is 5.84. The van der Waals surface area contributed by atoms with E-state index in [4.69, 9.17) is 0 Å². The van der Waals surface area contributed by atoms with Gasteiger partial charge in [0.25, 0.3) is 0 Å². The topological polar surface area (TPSA) is 12.0 Å². The van der Waals surface area contributed by atoms with Crippen molar-refractivity contribution in [1.82, 2.24) is 5.32 Å². The van der Waals surface area contributed by atoms with Crippen LogP contribution in [0.15, 0.2) is 30.3 Å². The lowest BCUT2D eigenvalue weighted by molar-refractivity contribution is 0.516. The van der Waals surface area contributed by atoms with Crippen LogP contribution >= 0.6 is 11.3 Å². The fourth-order valence-corrected chi connectivity index (χ4v) is 3.39. The molecule has 0 spiro atoms. The van der Waals surface area contributed by atoms with Crippen LogP contribution in [0.4, 0.5) is 8.78 Å². The number of hydrogen-bond acceptors (Lipinski definition) is 2. The van der Waals surface area contributed by atoms with Crippen molar-refractivity contribution in [1.29, 1.82) is 0 Å². The minimum atomic E-state index is -0.409. The Kier molecular flexibility index (Phi) is 5.26. The van der Waals surface area contributed by atoms with E-state index in [1.807, 2.05) is 12.1 Å². The highest BCUT2D eigenvalue weighted by Crippen LogP contribution is 2.34. The first-order valence-electron chi connectivity index (χ1n) is 6.94. The summed E-state index contributed by atoms with van der Waals surface area (Å²) in [6.07, 6.45) is 2.12. The van der Waals surface area contributed by atoms with E-state index in [2.05, 4.69) is 19.2 Å². The molecule has 0 amide bonds. The minimum Gasteiger partial charge on any atom is -0.310 e. The Hall–Kier alpha value is -1.26. The third-order valence-electron chi connectivity index (χ3n) is 3.19. The zero-order chi connectivity index (χ0) is 14.5. The lowest BCUT2D eigenvalue weighted by Gasteiger charge is -2.15. The normalized spacial score (nSPS) is 12.6. The zero-order valence-corrected chi connectivity index (χ0v) is 12.6. The zero-order valence-electron chi connectivity index (χ0n) is 11.7. The van der Waals surface area contributed by atoms with Crippen LogP contribution in [0.3, 0.4) is 0 Å². The molecule has 0 radical (unpaired) electrons. The molecule has 1 aromatic carbocycles. The summed E-state index contributed by atoms with van der Waals surface area (Å²) in [5.41, 5.74) is 0.341. The fourth-order valence-electron chi connectivity index (χ4n) is 2.25. The molecule has 2 rings (SSSR count). The van der Waals surface area contributed by atoms with Crippen molar-refractivity contribution in [2.75, 3.05) is 6.54 Å². The van der Waals surface area contributed by atoms with Crippen LogP contribution in [-0.4, -0.2) is 6.54 Å². The van der Waals surface area contributed by atoms with Gasteiger partial charge in [0.05, 0.1) is 0 Å². The van der Waals surface area contributed by atoms with E-state index >= 15 is 0 Å². The Morgan fingerprint density at radius 2 is 1.95 bits per heavy atom. The van der Waals surface area contributed by atoms with Crippen LogP contribution in [0.5, 0.6) is 0 Å². The van der Waals surface area contributed by atoms with E-state index in [1.54, 1.807) is 0 Å². The molecule has 2 aromatic rings. The van der Waals surface area contributed by atoms with Crippen molar-refractivity contribution in [2.24, 2.45) is 0 Å². The van der Waals surface area contributed by atoms with Crippen molar-refractivity contribution in [3.05, 3.63) is 46.8 Å². The van der Waals surface area contributed by atoms with E-state index in [0.717, 1.165) is 30.3 Å². The number of thiophene rings is 1. The molecule has 0 aliphatic heterocycles. The fraction of sp³-hybridized carbons (Fsp3) is 0.375. The lowest BCUT2D eigenvalue weighted by atomic mass is 10.1. The molecule has 0 bridgehead atoms. The Balaban J connectivity index is 2.29. The van der Waals surface area contributed by atoms with E-state index in [-0.39, 0.29) is 5.82 Å². The maximum atomic E-state index is 13.8. The third-order valence-corrected chi connectivity index (χ3v) is 4.42. The average Bonchev–Trinajstić information content (AvgIpc) is 2.91. The summed E-state index contributed by atoms with van der Waals surface area (Å²) in [6.45, 7) is 5.11. The molecule has 108 valence electrons. The van der Waals surface area contributed by atoms with Gasteiger partial charge in [-0.25, -0.2) is 8.78 Å². The molecule has 1 heterocycles. The Labute approximate surface area is 122 Å². The molecule has 0 saturated heterocycles. The van der Waals surface area contributed by atoms with E-state index in [9.17, 15) is 8.78 Å². The molecule has 1 unspecified atom stereocenters. The molecule has 1 N–H and O–H groups in total. The van der Waals surface area contributed by atoms with Gasteiger partial charge in [-0.15, -0.1) is 11.3 Å². The number of nitrogens with one attached hydrogen (secondary N) is 1. The van der Waals surface area contributed by atoms with Gasteiger partial charge in [-0.1, -0.05) is 20.3 Å². The summed E-state index contributed by atoms with van der Waals surface area (Å²) in [5.74, 6) is -0.788. The third kappa shape index (κ3) is 3.44. The summed E-state index contributed by atoms with van der Waals surface area (Å²) in [7, 11) is 0. The quantitative estimate of drug-likeness (QED) is 0.777. The largest absolute Gasteiger partial charge is 0.310 e. The molecule has 1 aromatic heterocycles. The average molecular weight is 295 g/mol. The van der Waals surface area contributed by atoms with Gasteiger partial charge in [0.15, 0.2) is 0 Å². The summed E-state index contributed by atoms with van der Waals surface area (Å²) in [4.78, 5) is 1.95. The van der Waals surface area contributed by atoms with Crippen LogP contribution in [0.25, 0.3) is 10.4 Å². The van der Waals surface area contributed by atoms with Crippen LogP contribution in [0.2, 0.25) is 0 Å². The number of halogens is 2. The van der Waals surface area contributed by atoms with Crippen LogP contribution < -0.4 is 5.32 Å². The summed E-state index contributed by atoms with van der Waals surface area (Å²) < 4.78 is 27.1. The van der Waals surface area contributed by atoms with E-state index < -0.39 is 5.82 Å². The van der Waals surface area contributed by atoms with E-state index in [0.29, 0.717) is 11.6 Å². The maximum Gasteiger partial charge on any atom is 0.132 e. The molecule has 1 atom stereocenters. The van der Waals surface area contributed by atoms with Crippen LogP contribution in [0.1, 0.15) is 37.6 Å². The van der Waals surface area contributed by atoms with Crippen molar-refractivity contribution in [3.8, 4) is 10.4 Å². The van der Waals surface area contributed by atoms with Gasteiger partial charge < -0.3 is 5.32 Å². The maximum absolute atomic E-state index is 13.8. The van der Waals surface area contributed by atoms with Crippen molar-refractivity contribution >= 4 is 11.3 Å². The Morgan fingerprint density at radius 3 is 2.65 bits per heavy atom. The first kappa shape index (κ1) is 15.1. The summed E-state index contributed by atoms with van der Waals surface area (Å²) >= 11 is 1.53. The van der Waals surface area contributed by atoms with E-state index in [1.165, 1.54) is 28.3 Å². The van der Waals surface area contributed by atoms with Crippen molar-refractivity contribution in [2.45, 2.75) is 32.7 Å². The van der Waals surface area contributed by atoms with Gasteiger partial charge in [0.1, 0.15) is 11.6 Å². The first-order valence-corrected chi connectivity index (χ1v) is 7.75. The molecule has 0 aliphatic rings. The number of benzene rings is 1. The summed E-state index contributed by atoms with van der Waals surface area (Å²) in [6, 6.07) is 7.75. The Bertz CT molecular complexity index is 559. The molecular formula is C16H19F2NS. The first-order chi connectivity index (χ1) is 9.65. The molecular weight excluding hydrogens is 276 g/mol. The smallest absolute Gasteiger partial charge is 0.132 e. The Morgan fingerprint density at radius 1 is 1.15 bits per heavy atom. The van der Waals surface area contributed by atoms with Crippen molar-refractivity contribution in [3.63, 3.8) is 0 Å². The van der Waals surface area contributed by atoms with Gasteiger partial charge in [0, 0.05) is 21.4 Å². The highest BCUT2D eigenvalue weighted by molar-refractivity contribution is 7.15. The van der Waals surface area contributed by atoms with Crippen LogP contribution in [0, 0.1) is 11.6 Å². The van der Waals surface area contributed by atoms with Gasteiger partial charge in [-0.05, 0) is 43.3 Å². The molecule has 4 heteroatoms. The van der Waals surface area contributed by atoms with Gasteiger partial charge in [-0.2, -0.15) is 0 Å². The van der Waals surface area contributed by atoms with Gasteiger partial charge in [-0.3, -0.25) is 0 Å². The molecule has 0 aliphatic carbocycles. The predicted octanol–water partition coefficient (Wildman–Crippen LogP) is 5.14. The van der Waals surface area contributed by atoms with Gasteiger partial charge >= 0.3 is 0 Å². The SMILES string of the molecule is CCCC(NCC)c1ccc(-c2cc(F)ccc2F)s1. The molecule has 0 fully saturated rings. The number of hydrogen-bond donors (Lipinski definition) is 1. The standard InChI is InChI=1S/C16H19F2NS/c1-3-5-14(19-4-2)16-9-8-15(20-16)12-10-11(17)6-7-13(12)18/h6-10,14,19H,3-5H2,1-2H3. The predicted molar refractivity (Wildman–Crippen MR) is 81.0 cm³/mol. The molecule has 20 heavy (non-hydrogen) atoms. The minimum absolute atomic E-state index is 0.292. The summed E-state index contributed by atoms with van der Waals surface area (Å²) in [5, 5.41) is 3.43. The van der Waals surface area contributed by atoms with Crippen molar-refractivity contribution < 1.29 is 8.78 Å². The van der Waals surface area contributed by atoms with Crippen LogP contribution in [-0.2, 0) is 0 Å². The monoisotopic (exact) mass is 295 g/mol.